The highest BCUT2D eigenvalue weighted by atomic mass is 16.5. The van der Waals surface area contributed by atoms with Crippen LogP contribution < -0.4 is 5.32 Å². The van der Waals surface area contributed by atoms with E-state index in [1.165, 1.54) is 0 Å². The third-order valence-electron chi connectivity index (χ3n) is 2.44. The summed E-state index contributed by atoms with van der Waals surface area (Å²) in [6, 6.07) is 0. The van der Waals surface area contributed by atoms with Crippen LogP contribution in [0.25, 0.3) is 0 Å². The van der Waals surface area contributed by atoms with E-state index in [0.717, 1.165) is 18.5 Å². The van der Waals surface area contributed by atoms with Gasteiger partial charge in [-0.05, 0) is 25.5 Å². The van der Waals surface area contributed by atoms with Crippen LogP contribution in [0.15, 0.2) is 12.4 Å². The fourth-order valence-electron chi connectivity index (χ4n) is 1.59. The smallest absolute Gasteiger partial charge is 0.308 e. The quantitative estimate of drug-likeness (QED) is 0.500. The van der Waals surface area contributed by atoms with Crippen LogP contribution >= 0.6 is 0 Å². The number of nitrogens with zero attached hydrogens (tertiary/aromatic N) is 2. The Bertz CT molecular complexity index is 365. The number of ether oxygens (including phenoxy) is 1. The normalized spacial score (nSPS) is 12.4. The Hall–Kier alpha value is -1.40. The van der Waals surface area contributed by atoms with Gasteiger partial charge in [-0.3, -0.25) is 9.48 Å². The third kappa shape index (κ3) is 5.79. The summed E-state index contributed by atoms with van der Waals surface area (Å²) in [5, 5.41) is 16.7. The first-order valence-electron chi connectivity index (χ1n) is 6.13. The topological polar surface area (TPSA) is 76.4 Å². The van der Waals surface area contributed by atoms with Crippen molar-refractivity contribution in [1.82, 2.24) is 15.1 Å². The predicted octanol–water partition coefficient (Wildman–Crippen LogP) is -0.134. The number of hydrogen-bond donors (Lipinski definition) is 2. The molecule has 0 aliphatic carbocycles. The van der Waals surface area contributed by atoms with Crippen molar-refractivity contribution in [3.63, 3.8) is 0 Å². The van der Waals surface area contributed by atoms with Crippen molar-refractivity contribution in [2.45, 2.75) is 25.9 Å². The molecule has 0 saturated heterocycles. The van der Waals surface area contributed by atoms with Gasteiger partial charge < -0.3 is 15.2 Å². The average molecular weight is 255 g/mol. The van der Waals surface area contributed by atoms with Crippen LogP contribution in [-0.2, 0) is 23.0 Å². The van der Waals surface area contributed by atoms with Crippen LogP contribution in [-0.4, -0.2) is 46.7 Å². The van der Waals surface area contributed by atoms with Gasteiger partial charge in [0.2, 0.25) is 0 Å². The number of hydrogen-bond acceptors (Lipinski definition) is 5. The molecule has 0 radical (unpaired) electrons. The maximum atomic E-state index is 11.1. The van der Waals surface area contributed by atoms with E-state index in [1.807, 2.05) is 19.4 Å². The first kappa shape index (κ1) is 14.7. The van der Waals surface area contributed by atoms with Gasteiger partial charge in [0.05, 0.1) is 25.3 Å². The molecular formula is C12H21N3O3. The summed E-state index contributed by atoms with van der Waals surface area (Å²) in [6.45, 7) is 3.22. The van der Waals surface area contributed by atoms with Crippen LogP contribution in [0, 0.1) is 0 Å². The highest BCUT2D eigenvalue weighted by Gasteiger charge is 2.10. The maximum absolute atomic E-state index is 11.1. The van der Waals surface area contributed by atoms with Crippen molar-refractivity contribution in [2.24, 2.45) is 7.05 Å². The number of carbonyl (C=O) groups excluding carboxylic acids is 1. The number of nitrogens with one attached hydrogen (secondary N) is 1. The predicted molar refractivity (Wildman–Crippen MR) is 67.0 cm³/mol. The Balaban J connectivity index is 2.08. The molecule has 1 unspecified atom stereocenters. The van der Waals surface area contributed by atoms with Gasteiger partial charge in [0.1, 0.15) is 0 Å². The van der Waals surface area contributed by atoms with E-state index in [1.54, 1.807) is 11.6 Å². The second-order valence-corrected chi connectivity index (χ2v) is 4.14. The van der Waals surface area contributed by atoms with Crippen molar-refractivity contribution < 1.29 is 14.6 Å². The van der Waals surface area contributed by atoms with Crippen LogP contribution in [0.5, 0.6) is 0 Å². The Morgan fingerprint density at radius 2 is 2.44 bits per heavy atom. The van der Waals surface area contributed by atoms with Crippen LogP contribution in [0.2, 0.25) is 0 Å². The van der Waals surface area contributed by atoms with Crippen LogP contribution in [0.3, 0.4) is 0 Å². The van der Waals surface area contributed by atoms with E-state index in [2.05, 4.69) is 10.4 Å². The Morgan fingerprint density at radius 3 is 3.06 bits per heavy atom. The molecule has 0 bridgehead atoms. The Kier molecular flexibility index (Phi) is 6.38. The molecule has 6 heteroatoms. The summed E-state index contributed by atoms with van der Waals surface area (Å²) in [6.07, 6.45) is 3.96. The number of rotatable bonds is 8. The summed E-state index contributed by atoms with van der Waals surface area (Å²) >= 11 is 0. The van der Waals surface area contributed by atoms with Gasteiger partial charge in [-0.25, -0.2) is 0 Å². The van der Waals surface area contributed by atoms with Gasteiger partial charge in [0.25, 0.3) is 0 Å². The fourth-order valence-corrected chi connectivity index (χ4v) is 1.59. The van der Waals surface area contributed by atoms with Crippen LogP contribution in [0.1, 0.15) is 18.9 Å². The van der Waals surface area contributed by atoms with Gasteiger partial charge in [-0.2, -0.15) is 5.10 Å². The number of aryl methyl sites for hydroxylation is 1. The largest absolute Gasteiger partial charge is 0.466 e. The van der Waals surface area contributed by atoms with E-state index in [9.17, 15) is 9.90 Å². The lowest BCUT2D eigenvalue weighted by Crippen LogP contribution is -2.30. The number of aliphatic hydroxyl groups is 1. The van der Waals surface area contributed by atoms with Gasteiger partial charge >= 0.3 is 5.97 Å². The second-order valence-electron chi connectivity index (χ2n) is 4.14. The minimum absolute atomic E-state index is 0.0354. The van der Waals surface area contributed by atoms with Gasteiger partial charge in [0, 0.05) is 19.8 Å². The minimum atomic E-state index is -0.696. The number of carbonyl (C=O) groups is 1. The summed E-state index contributed by atoms with van der Waals surface area (Å²) in [5.41, 5.74) is 1.14. The highest BCUT2D eigenvalue weighted by molar-refractivity contribution is 5.69. The van der Waals surface area contributed by atoms with Crippen LogP contribution in [0.4, 0.5) is 0 Å². The molecule has 102 valence electrons. The lowest BCUT2D eigenvalue weighted by Gasteiger charge is -2.10. The standard InChI is InChI=1S/C12H21N3O3/c1-3-18-12(17)6-11(16)8-13-5-4-10-7-14-15(2)9-10/h7,9,11,13,16H,3-6,8H2,1-2H3. The van der Waals surface area contributed by atoms with Gasteiger partial charge in [0.15, 0.2) is 0 Å². The van der Waals surface area contributed by atoms with Crippen molar-refractivity contribution in [3.05, 3.63) is 18.0 Å². The minimum Gasteiger partial charge on any atom is -0.466 e. The van der Waals surface area contributed by atoms with Crippen molar-refractivity contribution >= 4 is 5.97 Å². The SMILES string of the molecule is CCOC(=O)CC(O)CNCCc1cnn(C)c1. The fraction of sp³-hybridized carbons (Fsp3) is 0.667. The van der Waals surface area contributed by atoms with Crippen molar-refractivity contribution in [2.75, 3.05) is 19.7 Å². The zero-order valence-electron chi connectivity index (χ0n) is 10.9. The van der Waals surface area contributed by atoms with Crippen molar-refractivity contribution in [1.29, 1.82) is 0 Å². The molecule has 0 amide bonds. The zero-order chi connectivity index (χ0) is 13.4. The Morgan fingerprint density at radius 1 is 1.67 bits per heavy atom. The lowest BCUT2D eigenvalue weighted by atomic mass is 10.2. The maximum Gasteiger partial charge on any atom is 0.308 e. The highest BCUT2D eigenvalue weighted by Crippen LogP contribution is 1.97. The number of aromatic nitrogens is 2. The molecule has 0 aliphatic rings. The molecule has 1 heterocycles. The summed E-state index contributed by atoms with van der Waals surface area (Å²) < 4.78 is 6.51. The monoisotopic (exact) mass is 255 g/mol. The molecule has 1 aromatic rings. The summed E-state index contributed by atoms with van der Waals surface area (Å²) in [4.78, 5) is 11.1. The molecule has 0 fully saturated rings. The third-order valence-corrected chi connectivity index (χ3v) is 2.44. The molecular weight excluding hydrogens is 234 g/mol. The number of esters is 1. The lowest BCUT2D eigenvalue weighted by molar-refractivity contribution is -0.145. The van der Waals surface area contributed by atoms with E-state index in [4.69, 9.17) is 4.74 Å². The molecule has 1 aromatic heterocycles. The molecule has 1 rings (SSSR count). The van der Waals surface area contributed by atoms with Crippen molar-refractivity contribution in [3.8, 4) is 0 Å². The summed E-state index contributed by atoms with van der Waals surface area (Å²) in [7, 11) is 1.88. The average Bonchev–Trinajstić information content (AvgIpc) is 2.71. The number of aliphatic hydroxyl groups excluding tert-OH is 1. The molecule has 0 spiro atoms. The Labute approximate surface area is 107 Å². The van der Waals surface area contributed by atoms with Gasteiger partial charge in [-0.1, -0.05) is 0 Å². The molecule has 0 aliphatic heterocycles. The second kappa shape index (κ2) is 7.84. The van der Waals surface area contributed by atoms with E-state index in [-0.39, 0.29) is 12.4 Å². The molecule has 2 N–H and O–H groups in total. The van der Waals surface area contributed by atoms with E-state index in [0.29, 0.717) is 13.2 Å². The van der Waals surface area contributed by atoms with E-state index < -0.39 is 6.10 Å². The molecule has 0 aromatic carbocycles. The van der Waals surface area contributed by atoms with Gasteiger partial charge in [-0.15, -0.1) is 0 Å². The molecule has 1 atom stereocenters. The molecule has 0 saturated carbocycles. The zero-order valence-corrected chi connectivity index (χ0v) is 10.9. The first-order chi connectivity index (χ1) is 8.61. The molecule has 6 nitrogen and oxygen atoms in total. The first-order valence-corrected chi connectivity index (χ1v) is 6.13. The molecule has 18 heavy (non-hydrogen) atoms. The summed E-state index contributed by atoms with van der Waals surface area (Å²) in [5.74, 6) is -0.362. The van der Waals surface area contributed by atoms with E-state index >= 15 is 0 Å².